The minimum atomic E-state index is -3.86. The third kappa shape index (κ3) is 3.03. The van der Waals surface area contributed by atoms with Crippen LogP contribution in [-0.4, -0.2) is 25.8 Å². The van der Waals surface area contributed by atoms with E-state index in [9.17, 15) is 12.8 Å². The number of sulfonamides is 1. The number of aliphatic imine (C=N–C) groups is 1. The highest BCUT2D eigenvalue weighted by atomic mass is 32.2. The van der Waals surface area contributed by atoms with Crippen LogP contribution in [0.2, 0.25) is 0 Å². The first-order valence-corrected chi connectivity index (χ1v) is 8.55. The Morgan fingerprint density at radius 1 is 1.26 bits per heavy atom. The maximum Gasteiger partial charge on any atom is 0.238 e. The van der Waals surface area contributed by atoms with Gasteiger partial charge in [-0.1, -0.05) is 6.07 Å². The van der Waals surface area contributed by atoms with E-state index in [1.807, 2.05) is 0 Å². The summed E-state index contributed by atoms with van der Waals surface area (Å²) in [6.45, 7) is -0.191. The molecule has 7 heteroatoms. The number of nitrogens with zero attached hydrogens (tertiary/aromatic N) is 1. The SMILES string of the molecule is NS(=O)(=O)c1ccc(C2=CN=C3CC(F)=CC=C23)cc1CCO. The van der Waals surface area contributed by atoms with Gasteiger partial charge in [-0.25, -0.2) is 17.9 Å². The molecule has 1 aliphatic heterocycles. The zero-order valence-corrected chi connectivity index (χ0v) is 13.0. The van der Waals surface area contributed by atoms with Gasteiger partial charge in [0.05, 0.1) is 10.6 Å². The standard InChI is InChI=1S/C16H15FN2O3S/c17-12-2-3-13-14(9-19-15(13)8-12)10-1-4-16(23(18,21)22)11(7-10)5-6-20/h1-4,7,9,20H,5-6,8H2,(H2,18,21,22). The largest absolute Gasteiger partial charge is 0.396 e. The van der Waals surface area contributed by atoms with Crippen molar-refractivity contribution in [3.8, 4) is 0 Å². The Labute approximate surface area is 133 Å². The van der Waals surface area contributed by atoms with Crippen molar-refractivity contribution in [3.63, 3.8) is 0 Å². The molecule has 3 N–H and O–H groups in total. The van der Waals surface area contributed by atoms with Crippen LogP contribution in [0.15, 0.2) is 57.8 Å². The lowest BCUT2D eigenvalue weighted by Crippen LogP contribution is -2.15. The highest BCUT2D eigenvalue weighted by Crippen LogP contribution is 2.35. The molecule has 0 radical (unpaired) electrons. The minimum absolute atomic E-state index is 0.00129. The zero-order valence-electron chi connectivity index (χ0n) is 12.2. The van der Waals surface area contributed by atoms with Crippen LogP contribution in [0.3, 0.4) is 0 Å². The Kier molecular flexibility index (Phi) is 4.01. The molecule has 3 rings (SSSR count). The maximum atomic E-state index is 13.3. The fraction of sp³-hybridized carbons (Fsp3) is 0.188. The molecular weight excluding hydrogens is 319 g/mol. The quantitative estimate of drug-likeness (QED) is 0.880. The molecule has 0 spiro atoms. The summed E-state index contributed by atoms with van der Waals surface area (Å²) in [7, 11) is -3.86. The van der Waals surface area contributed by atoms with E-state index in [0.29, 0.717) is 11.3 Å². The molecule has 0 amide bonds. The van der Waals surface area contributed by atoms with Gasteiger partial charge >= 0.3 is 0 Å². The lowest BCUT2D eigenvalue weighted by molar-refractivity contribution is 0.298. The van der Waals surface area contributed by atoms with Crippen molar-refractivity contribution in [2.45, 2.75) is 17.7 Å². The minimum Gasteiger partial charge on any atom is -0.396 e. The van der Waals surface area contributed by atoms with Gasteiger partial charge in [0.25, 0.3) is 0 Å². The second-order valence-corrected chi connectivity index (χ2v) is 6.86. The topological polar surface area (TPSA) is 92.8 Å². The summed E-state index contributed by atoms with van der Waals surface area (Å²) in [6, 6.07) is 4.74. The normalized spacial score (nSPS) is 17.2. The van der Waals surface area contributed by atoms with Gasteiger partial charge in [-0.15, -0.1) is 0 Å². The number of aliphatic hydroxyl groups is 1. The van der Waals surface area contributed by atoms with Crippen LogP contribution in [-0.2, 0) is 16.4 Å². The smallest absolute Gasteiger partial charge is 0.238 e. The lowest BCUT2D eigenvalue weighted by atomic mass is 9.91. The molecule has 120 valence electrons. The number of aliphatic hydroxyl groups excluding tert-OH is 1. The average Bonchev–Trinajstić information content (AvgIpc) is 2.89. The number of benzene rings is 1. The summed E-state index contributed by atoms with van der Waals surface area (Å²) < 4.78 is 36.6. The average molecular weight is 334 g/mol. The molecule has 0 saturated heterocycles. The Morgan fingerprint density at radius 2 is 2.04 bits per heavy atom. The summed E-state index contributed by atoms with van der Waals surface area (Å²) in [5.74, 6) is -0.243. The van der Waals surface area contributed by atoms with Crippen molar-refractivity contribution in [1.82, 2.24) is 0 Å². The molecular formula is C16H15FN2O3S. The van der Waals surface area contributed by atoms with E-state index in [-0.39, 0.29) is 30.2 Å². The predicted octanol–water partition coefficient (Wildman–Crippen LogP) is 1.85. The van der Waals surface area contributed by atoms with Gasteiger partial charge in [0, 0.05) is 30.4 Å². The first kappa shape index (κ1) is 15.8. The zero-order chi connectivity index (χ0) is 16.6. The first-order valence-electron chi connectivity index (χ1n) is 7.01. The molecule has 0 atom stereocenters. The van der Waals surface area contributed by atoms with E-state index in [2.05, 4.69) is 4.99 Å². The molecule has 1 aromatic carbocycles. The second kappa shape index (κ2) is 5.84. The molecule has 0 fully saturated rings. The molecule has 0 bridgehead atoms. The van der Waals surface area contributed by atoms with Gasteiger partial charge in [0.15, 0.2) is 0 Å². The molecule has 1 heterocycles. The van der Waals surface area contributed by atoms with E-state index >= 15 is 0 Å². The highest BCUT2D eigenvalue weighted by molar-refractivity contribution is 7.89. The third-order valence-electron chi connectivity index (χ3n) is 3.78. The van der Waals surface area contributed by atoms with Gasteiger partial charge in [0.2, 0.25) is 10.0 Å². The van der Waals surface area contributed by atoms with Gasteiger partial charge in [0.1, 0.15) is 5.83 Å². The second-order valence-electron chi connectivity index (χ2n) is 5.33. The van der Waals surface area contributed by atoms with E-state index in [4.69, 9.17) is 10.2 Å². The van der Waals surface area contributed by atoms with Gasteiger partial charge in [-0.3, -0.25) is 4.99 Å². The van der Waals surface area contributed by atoms with E-state index < -0.39 is 10.0 Å². The summed E-state index contributed by atoms with van der Waals surface area (Å²) >= 11 is 0. The Bertz CT molecular complexity index is 896. The van der Waals surface area contributed by atoms with Crippen LogP contribution >= 0.6 is 0 Å². The Balaban J connectivity index is 2.04. The first-order chi connectivity index (χ1) is 10.9. The molecule has 1 aliphatic carbocycles. The Hall–Kier alpha value is -2.09. The Morgan fingerprint density at radius 3 is 2.74 bits per heavy atom. The number of allylic oxidation sites excluding steroid dienone is 5. The van der Waals surface area contributed by atoms with Crippen LogP contribution in [0.4, 0.5) is 4.39 Å². The van der Waals surface area contributed by atoms with Crippen LogP contribution in [0, 0.1) is 0 Å². The number of rotatable bonds is 4. The highest BCUT2D eigenvalue weighted by Gasteiger charge is 2.23. The summed E-state index contributed by atoms with van der Waals surface area (Å²) in [5, 5.41) is 14.4. The monoisotopic (exact) mass is 334 g/mol. The number of fused-ring (bicyclic) bond motifs is 1. The van der Waals surface area contributed by atoms with Crippen LogP contribution < -0.4 is 5.14 Å². The van der Waals surface area contributed by atoms with Gasteiger partial charge in [-0.05, 0) is 41.8 Å². The number of primary sulfonamides is 1. The molecule has 0 aromatic heterocycles. The van der Waals surface area contributed by atoms with Crippen molar-refractivity contribution < 1.29 is 17.9 Å². The number of halogens is 1. The fourth-order valence-corrected chi connectivity index (χ4v) is 3.51. The molecule has 5 nitrogen and oxygen atoms in total. The number of nitrogens with two attached hydrogens (primary N) is 1. The summed E-state index contributed by atoms with van der Waals surface area (Å²) in [6.07, 6.45) is 5.04. The molecule has 23 heavy (non-hydrogen) atoms. The van der Waals surface area contributed by atoms with Crippen molar-refractivity contribution >= 4 is 21.3 Å². The third-order valence-corrected chi connectivity index (χ3v) is 4.79. The van der Waals surface area contributed by atoms with Gasteiger partial charge in [-0.2, -0.15) is 0 Å². The van der Waals surface area contributed by atoms with Gasteiger partial charge < -0.3 is 5.11 Å². The predicted molar refractivity (Wildman–Crippen MR) is 85.9 cm³/mol. The molecule has 1 aromatic rings. The molecule has 0 saturated carbocycles. The van der Waals surface area contributed by atoms with Crippen LogP contribution in [0.1, 0.15) is 17.5 Å². The maximum absolute atomic E-state index is 13.3. The van der Waals surface area contributed by atoms with Crippen molar-refractivity contribution in [3.05, 3.63) is 59.1 Å². The van der Waals surface area contributed by atoms with Crippen molar-refractivity contribution in [2.24, 2.45) is 10.1 Å². The fourth-order valence-electron chi connectivity index (χ4n) is 2.73. The molecule has 2 aliphatic rings. The summed E-state index contributed by atoms with van der Waals surface area (Å²) in [5.41, 5.74) is 3.47. The van der Waals surface area contributed by atoms with E-state index in [1.54, 1.807) is 24.4 Å². The number of hydrogen-bond acceptors (Lipinski definition) is 4. The van der Waals surface area contributed by atoms with E-state index in [0.717, 1.165) is 16.7 Å². The lowest BCUT2D eigenvalue weighted by Gasteiger charge is -2.14. The van der Waals surface area contributed by atoms with Crippen LogP contribution in [0.25, 0.3) is 5.57 Å². The van der Waals surface area contributed by atoms with Crippen molar-refractivity contribution in [1.29, 1.82) is 0 Å². The van der Waals surface area contributed by atoms with Crippen LogP contribution in [0.5, 0.6) is 0 Å². The summed E-state index contributed by atoms with van der Waals surface area (Å²) in [4.78, 5) is 4.22. The van der Waals surface area contributed by atoms with E-state index in [1.165, 1.54) is 12.1 Å². The number of hydrogen-bond donors (Lipinski definition) is 2. The molecule has 0 unspecified atom stereocenters. The van der Waals surface area contributed by atoms with Crippen molar-refractivity contribution in [2.75, 3.05) is 6.61 Å².